The van der Waals surface area contributed by atoms with E-state index in [1.165, 1.54) is 18.3 Å². The molecule has 0 atom stereocenters. The number of pyridine rings is 1. The molecule has 2 aromatic heterocycles. The summed E-state index contributed by atoms with van der Waals surface area (Å²) in [5, 5.41) is -0.399. The minimum atomic E-state index is -3.90. The van der Waals surface area contributed by atoms with Crippen LogP contribution in [0.4, 0.5) is 0 Å². The standard InChI is InChI=1S/C15H18N4O5S/c1-15(2,3)19-25(22,23)12-8-7-11(24-12)14(21)18-17-13(20)10-6-4-5-9-16-10/h4-9,19H,1-3H3,(H,17,20)(H,18,21). The predicted molar refractivity (Wildman–Crippen MR) is 88.0 cm³/mol. The van der Waals surface area contributed by atoms with Gasteiger partial charge in [-0.15, -0.1) is 0 Å². The molecule has 0 spiro atoms. The van der Waals surface area contributed by atoms with Crippen molar-refractivity contribution in [2.24, 2.45) is 0 Å². The van der Waals surface area contributed by atoms with Gasteiger partial charge in [0, 0.05) is 11.7 Å². The van der Waals surface area contributed by atoms with E-state index in [1.807, 2.05) is 0 Å². The van der Waals surface area contributed by atoms with Crippen molar-refractivity contribution < 1.29 is 22.4 Å². The minimum Gasteiger partial charge on any atom is -0.438 e. The number of furan rings is 1. The van der Waals surface area contributed by atoms with Gasteiger partial charge < -0.3 is 4.42 Å². The maximum Gasteiger partial charge on any atom is 0.305 e. The minimum absolute atomic E-state index is 0.111. The molecule has 0 saturated carbocycles. The molecule has 0 aromatic carbocycles. The smallest absolute Gasteiger partial charge is 0.305 e. The molecule has 3 N–H and O–H groups in total. The number of sulfonamides is 1. The van der Waals surface area contributed by atoms with Crippen molar-refractivity contribution in [3.05, 3.63) is 48.0 Å². The molecule has 2 rings (SSSR count). The molecule has 9 nitrogen and oxygen atoms in total. The highest BCUT2D eigenvalue weighted by Gasteiger charge is 2.26. The van der Waals surface area contributed by atoms with Gasteiger partial charge in [-0.2, -0.15) is 0 Å². The molecule has 2 amide bonds. The second kappa shape index (κ2) is 7.03. The number of amides is 2. The van der Waals surface area contributed by atoms with Gasteiger partial charge in [-0.25, -0.2) is 13.1 Å². The first-order valence-electron chi connectivity index (χ1n) is 7.24. The van der Waals surface area contributed by atoms with Gasteiger partial charge in [-0.05, 0) is 45.0 Å². The van der Waals surface area contributed by atoms with E-state index in [2.05, 4.69) is 20.6 Å². The summed E-state index contributed by atoms with van der Waals surface area (Å²) in [7, 11) is -3.90. The SMILES string of the molecule is CC(C)(C)NS(=O)(=O)c1ccc(C(=O)NNC(=O)c2ccccn2)o1. The molecule has 25 heavy (non-hydrogen) atoms. The molecule has 0 radical (unpaired) electrons. The molecule has 2 aromatic rings. The average molecular weight is 366 g/mol. The molecule has 10 heteroatoms. The molecule has 2 heterocycles. The van der Waals surface area contributed by atoms with E-state index in [9.17, 15) is 18.0 Å². The molecule has 0 aliphatic carbocycles. The van der Waals surface area contributed by atoms with E-state index < -0.39 is 32.5 Å². The monoisotopic (exact) mass is 366 g/mol. The van der Waals surface area contributed by atoms with Crippen molar-refractivity contribution in [2.45, 2.75) is 31.4 Å². The number of carbonyl (C=O) groups is 2. The van der Waals surface area contributed by atoms with E-state index in [1.54, 1.807) is 32.9 Å². The Kier molecular flexibility index (Phi) is 5.24. The molecule has 0 aliphatic heterocycles. The van der Waals surface area contributed by atoms with Crippen LogP contribution in [-0.2, 0) is 10.0 Å². The highest BCUT2D eigenvalue weighted by Crippen LogP contribution is 2.16. The maximum atomic E-state index is 12.1. The Morgan fingerprint density at radius 1 is 1.04 bits per heavy atom. The summed E-state index contributed by atoms with van der Waals surface area (Å²) < 4.78 is 31.7. The fourth-order valence-corrected chi connectivity index (χ4v) is 3.13. The first-order valence-corrected chi connectivity index (χ1v) is 8.72. The molecular weight excluding hydrogens is 348 g/mol. The number of aromatic nitrogens is 1. The number of hydrogen-bond donors (Lipinski definition) is 3. The normalized spacial score (nSPS) is 11.8. The van der Waals surface area contributed by atoms with Gasteiger partial charge in [0.2, 0.25) is 5.09 Å². The number of nitrogens with one attached hydrogen (secondary N) is 3. The largest absolute Gasteiger partial charge is 0.438 e. The third-order valence-electron chi connectivity index (χ3n) is 2.70. The van der Waals surface area contributed by atoms with Crippen molar-refractivity contribution in [2.75, 3.05) is 0 Å². The topological polar surface area (TPSA) is 130 Å². The van der Waals surface area contributed by atoms with Gasteiger partial charge in [0.1, 0.15) is 5.69 Å². The van der Waals surface area contributed by atoms with Crippen LogP contribution in [0.25, 0.3) is 0 Å². The van der Waals surface area contributed by atoms with Gasteiger partial charge in [-0.3, -0.25) is 25.4 Å². The average Bonchev–Trinajstić information content (AvgIpc) is 3.02. The number of carbonyl (C=O) groups excluding carboxylic acids is 2. The lowest BCUT2D eigenvalue weighted by Gasteiger charge is -2.18. The Morgan fingerprint density at radius 3 is 2.32 bits per heavy atom. The van der Waals surface area contributed by atoms with E-state index >= 15 is 0 Å². The first kappa shape index (κ1) is 18.6. The van der Waals surface area contributed by atoms with Crippen LogP contribution < -0.4 is 15.6 Å². The summed E-state index contributed by atoms with van der Waals surface area (Å²) in [4.78, 5) is 27.6. The van der Waals surface area contributed by atoms with Gasteiger partial charge in [-0.1, -0.05) is 6.07 Å². The van der Waals surface area contributed by atoms with Crippen LogP contribution in [0.15, 0.2) is 46.0 Å². The van der Waals surface area contributed by atoms with Crippen LogP contribution in [0, 0.1) is 0 Å². The lowest BCUT2D eigenvalue weighted by molar-refractivity contribution is 0.0825. The second-order valence-corrected chi connectivity index (χ2v) is 7.71. The van der Waals surface area contributed by atoms with Gasteiger partial charge in [0.15, 0.2) is 5.76 Å². The van der Waals surface area contributed by atoms with Gasteiger partial charge >= 0.3 is 5.91 Å². The van der Waals surface area contributed by atoms with E-state index in [-0.39, 0.29) is 11.5 Å². The van der Waals surface area contributed by atoms with Crippen molar-refractivity contribution in [1.82, 2.24) is 20.6 Å². The molecule has 0 unspecified atom stereocenters. The van der Waals surface area contributed by atoms with Crippen LogP contribution in [0.5, 0.6) is 0 Å². The maximum absolute atomic E-state index is 12.1. The van der Waals surface area contributed by atoms with E-state index in [0.29, 0.717) is 0 Å². The van der Waals surface area contributed by atoms with E-state index in [0.717, 1.165) is 6.07 Å². The van der Waals surface area contributed by atoms with Crippen molar-refractivity contribution in [3.63, 3.8) is 0 Å². The zero-order valence-electron chi connectivity index (χ0n) is 13.9. The first-order chi connectivity index (χ1) is 11.6. The Balaban J connectivity index is 2.02. The number of hydrazine groups is 1. The lowest BCUT2D eigenvalue weighted by Crippen LogP contribution is -2.42. The van der Waals surface area contributed by atoms with Crippen LogP contribution in [0.3, 0.4) is 0 Å². The Labute approximate surface area is 144 Å². The number of hydrogen-bond acceptors (Lipinski definition) is 6. The fourth-order valence-electron chi connectivity index (χ4n) is 1.78. The third kappa shape index (κ3) is 5.13. The summed E-state index contributed by atoms with van der Waals surface area (Å²) in [5.41, 5.74) is 3.69. The fraction of sp³-hybridized carbons (Fsp3) is 0.267. The Bertz CT molecular complexity index is 869. The van der Waals surface area contributed by atoms with Crippen molar-refractivity contribution in [3.8, 4) is 0 Å². The van der Waals surface area contributed by atoms with Gasteiger partial charge in [0.05, 0.1) is 0 Å². The van der Waals surface area contributed by atoms with E-state index in [4.69, 9.17) is 4.42 Å². The summed E-state index contributed by atoms with van der Waals surface area (Å²) in [6.45, 7) is 5.02. The molecule has 134 valence electrons. The summed E-state index contributed by atoms with van der Waals surface area (Å²) in [6, 6.07) is 7.09. The Morgan fingerprint density at radius 2 is 1.72 bits per heavy atom. The highest BCUT2D eigenvalue weighted by atomic mass is 32.2. The number of nitrogens with zero attached hydrogens (tertiary/aromatic N) is 1. The van der Waals surface area contributed by atoms with Crippen molar-refractivity contribution >= 4 is 21.8 Å². The highest BCUT2D eigenvalue weighted by molar-refractivity contribution is 7.89. The van der Waals surface area contributed by atoms with Crippen LogP contribution in [-0.4, -0.2) is 30.8 Å². The quantitative estimate of drug-likeness (QED) is 0.687. The summed E-state index contributed by atoms with van der Waals surface area (Å²) in [5.74, 6) is -1.69. The van der Waals surface area contributed by atoms with Crippen LogP contribution in [0.2, 0.25) is 0 Å². The zero-order chi connectivity index (χ0) is 18.7. The van der Waals surface area contributed by atoms with Crippen LogP contribution in [0.1, 0.15) is 41.8 Å². The summed E-state index contributed by atoms with van der Waals surface area (Å²) in [6.07, 6.45) is 1.43. The molecule has 0 bridgehead atoms. The molecular formula is C15H18N4O5S. The second-order valence-electron chi connectivity index (χ2n) is 6.10. The van der Waals surface area contributed by atoms with Crippen LogP contribution >= 0.6 is 0 Å². The molecule has 0 saturated heterocycles. The number of rotatable bonds is 4. The third-order valence-corrected chi connectivity index (χ3v) is 4.33. The lowest BCUT2D eigenvalue weighted by atomic mass is 10.1. The van der Waals surface area contributed by atoms with Crippen molar-refractivity contribution in [1.29, 1.82) is 0 Å². The summed E-state index contributed by atoms with van der Waals surface area (Å²) >= 11 is 0. The molecule has 0 aliphatic rings. The zero-order valence-corrected chi connectivity index (χ0v) is 14.7. The molecule has 0 fully saturated rings. The predicted octanol–water partition coefficient (Wildman–Crippen LogP) is 0.826. The van der Waals surface area contributed by atoms with Gasteiger partial charge in [0.25, 0.3) is 15.9 Å². The Hall–Kier alpha value is -2.72.